The monoisotopic (exact) mass is 553 g/mol. The summed E-state index contributed by atoms with van der Waals surface area (Å²) in [5, 5.41) is 56.9. The van der Waals surface area contributed by atoms with Gasteiger partial charge in [0.1, 0.15) is 28.6 Å². The van der Waals surface area contributed by atoms with Gasteiger partial charge in [-0.2, -0.15) is 0 Å². The van der Waals surface area contributed by atoms with E-state index in [1.807, 2.05) is 0 Å². The van der Waals surface area contributed by atoms with Crippen LogP contribution in [-0.4, -0.2) is 87.6 Å². The number of carbonyl (C=O) groups is 2. The molecular formula is C28H31N3O9. The van der Waals surface area contributed by atoms with Gasteiger partial charge < -0.3 is 36.2 Å². The van der Waals surface area contributed by atoms with E-state index in [0.717, 1.165) is 6.92 Å². The summed E-state index contributed by atoms with van der Waals surface area (Å²) in [7, 11) is 6.36. The molecule has 212 valence electrons. The first-order valence-electron chi connectivity index (χ1n) is 12.7. The van der Waals surface area contributed by atoms with E-state index >= 15 is 0 Å². The number of aromatic hydroxyl groups is 1. The highest BCUT2D eigenvalue weighted by Crippen LogP contribution is 2.57. The molecule has 3 aliphatic carbocycles. The van der Waals surface area contributed by atoms with Crippen molar-refractivity contribution in [3.05, 3.63) is 66.4 Å². The maximum Gasteiger partial charge on any atom is 0.251 e. The Labute approximate surface area is 228 Å². The summed E-state index contributed by atoms with van der Waals surface area (Å²) >= 11 is 0. The first-order chi connectivity index (χ1) is 18.5. The number of hydrogen-bond acceptors (Lipinski definition) is 11. The first kappa shape index (κ1) is 27.6. The minimum atomic E-state index is -2.61. The summed E-state index contributed by atoms with van der Waals surface area (Å²) in [6.45, 7) is 1.03. The molecule has 0 heterocycles. The third-order valence-electron chi connectivity index (χ3n) is 8.86. The number of nitrogens with zero attached hydrogens (tertiary/aromatic N) is 2. The van der Waals surface area contributed by atoms with E-state index in [1.165, 1.54) is 21.9 Å². The van der Waals surface area contributed by atoms with E-state index in [0.29, 0.717) is 11.1 Å². The quantitative estimate of drug-likeness (QED) is 0.270. The van der Waals surface area contributed by atoms with Gasteiger partial charge in [0.25, 0.3) is 5.91 Å². The minimum absolute atomic E-state index is 0.0257. The van der Waals surface area contributed by atoms with Crippen LogP contribution in [-0.2, 0) is 11.2 Å². The third kappa shape index (κ3) is 3.17. The number of phenolic OH excluding ortho intramolecular Hbond substituents is 1. The lowest BCUT2D eigenvalue weighted by atomic mass is 9.54. The summed E-state index contributed by atoms with van der Waals surface area (Å²) < 4.78 is 0. The van der Waals surface area contributed by atoms with Crippen LogP contribution in [0.3, 0.4) is 0 Å². The number of benzene rings is 1. The number of ketones is 1. The maximum atomic E-state index is 13.9. The number of carbonyl (C=O) groups excluding carboxylic acids is 2. The van der Waals surface area contributed by atoms with Gasteiger partial charge in [0.15, 0.2) is 11.4 Å². The highest BCUT2D eigenvalue weighted by atomic mass is 16.4. The summed E-state index contributed by atoms with van der Waals surface area (Å²) in [5.74, 6) is -5.83. The number of likely N-dealkylation sites (N-methyl/N-ethyl adjacent to an activating group) is 1. The largest absolute Gasteiger partial charge is 0.510 e. The van der Waals surface area contributed by atoms with Crippen molar-refractivity contribution in [2.45, 2.75) is 37.0 Å². The van der Waals surface area contributed by atoms with Gasteiger partial charge in [-0.05, 0) is 57.0 Å². The van der Waals surface area contributed by atoms with Crippen LogP contribution in [0.1, 0.15) is 29.3 Å². The summed E-state index contributed by atoms with van der Waals surface area (Å²) in [6, 6.07) is 1.59. The smallest absolute Gasteiger partial charge is 0.251 e. The van der Waals surface area contributed by atoms with E-state index in [2.05, 4.69) is 0 Å². The van der Waals surface area contributed by atoms with Crippen molar-refractivity contribution in [3.63, 3.8) is 0 Å². The van der Waals surface area contributed by atoms with Crippen molar-refractivity contribution >= 4 is 17.4 Å². The molecule has 0 fully saturated rings. The number of Topliss-reactive ketones (excluding diaryl/α,β-unsaturated/α-hetero) is 1. The van der Waals surface area contributed by atoms with E-state index in [-0.39, 0.29) is 35.2 Å². The Morgan fingerprint density at radius 2 is 1.62 bits per heavy atom. The van der Waals surface area contributed by atoms with Crippen LogP contribution >= 0.6 is 0 Å². The highest BCUT2D eigenvalue weighted by molar-refractivity contribution is 6.14. The van der Waals surface area contributed by atoms with Gasteiger partial charge in [-0.15, -0.1) is 0 Å². The third-order valence-corrected chi connectivity index (χ3v) is 8.86. The second-order valence-corrected chi connectivity index (χ2v) is 11.5. The minimum Gasteiger partial charge on any atom is -0.510 e. The molecule has 7 N–H and O–H groups in total. The van der Waals surface area contributed by atoms with Crippen LogP contribution in [0, 0.1) is 11.8 Å². The van der Waals surface area contributed by atoms with Gasteiger partial charge in [-0.1, -0.05) is 6.07 Å². The van der Waals surface area contributed by atoms with Crippen LogP contribution in [0.2, 0.25) is 0 Å². The molecular weight excluding hydrogens is 522 g/mol. The fourth-order valence-electron chi connectivity index (χ4n) is 7.12. The molecule has 0 aliphatic heterocycles. The SMILES string of the molecule is CN(C)c1c(-c2ccc(O)c3c2C[C@H]2C[C@H]4[C@H](N(C)C)C(O)=C(C(N)=O)C(C)(O)[C@@]4(O)C(O)=C2C3=O)c(=O)c1=O. The number of anilines is 1. The van der Waals surface area contributed by atoms with Crippen molar-refractivity contribution in [2.24, 2.45) is 17.6 Å². The van der Waals surface area contributed by atoms with Crippen molar-refractivity contribution in [1.82, 2.24) is 4.90 Å². The van der Waals surface area contributed by atoms with Gasteiger partial charge in [-0.3, -0.25) is 24.1 Å². The molecule has 0 aromatic heterocycles. The molecule has 1 unspecified atom stereocenters. The Hall–Kier alpha value is -4.00. The molecule has 2 aromatic rings. The number of primary amides is 1. The Morgan fingerprint density at radius 3 is 2.17 bits per heavy atom. The lowest BCUT2D eigenvalue weighted by molar-refractivity contribution is -0.183. The molecule has 0 spiro atoms. The molecule has 40 heavy (non-hydrogen) atoms. The predicted molar refractivity (Wildman–Crippen MR) is 144 cm³/mol. The summed E-state index contributed by atoms with van der Waals surface area (Å²) in [5.41, 5.74) is -1.40. The summed E-state index contributed by atoms with van der Waals surface area (Å²) in [4.78, 5) is 54.2. The number of nitrogens with two attached hydrogens (primary N) is 1. The van der Waals surface area contributed by atoms with Gasteiger partial charge >= 0.3 is 0 Å². The molecule has 0 radical (unpaired) electrons. The van der Waals surface area contributed by atoms with Gasteiger partial charge in [0, 0.05) is 25.6 Å². The van der Waals surface area contributed by atoms with Crippen LogP contribution in [0.25, 0.3) is 11.1 Å². The lowest BCUT2D eigenvalue weighted by Crippen LogP contribution is -2.70. The highest BCUT2D eigenvalue weighted by Gasteiger charge is 2.68. The number of allylic oxidation sites excluding steroid dienone is 1. The Morgan fingerprint density at radius 1 is 1.00 bits per heavy atom. The van der Waals surface area contributed by atoms with E-state index in [1.54, 1.807) is 28.2 Å². The molecule has 5 rings (SSSR count). The summed E-state index contributed by atoms with van der Waals surface area (Å²) in [6.07, 6.45) is -0.0182. The van der Waals surface area contributed by atoms with Crippen LogP contribution in [0.4, 0.5) is 5.69 Å². The number of rotatable bonds is 4. The number of phenols is 1. The van der Waals surface area contributed by atoms with Gasteiger partial charge in [0.05, 0.1) is 22.7 Å². The molecule has 12 nitrogen and oxygen atoms in total. The van der Waals surface area contributed by atoms with Crippen molar-refractivity contribution in [3.8, 4) is 16.9 Å². The van der Waals surface area contributed by atoms with E-state index < -0.39 is 74.5 Å². The van der Waals surface area contributed by atoms with E-state index in [4.69, 9.17) is 5.73 Å². The molecule has 0 bridgehead atoms. The van der Waals surface area contributed by atoms with Crippen molar-refractivity contribution in [2.75, 3.05) is 33.1 Å². The number of aliphatic hydroxyl groups is 4. The normalized spacial score (nSPS) is 29.9. The zero-order valence-corrected chi connectivity index (χ0v) is 22.6. The lowest BCUT2D eigenvalue weighted by Gasteiger charge is -2.56. The average Bonchev–Trinajstić information content (AvgIpc) is 2.83. The number of fused-ring (bicyclic) bond motifs is 3. The molecule has 1 amide bonds. The Kier molecular flexibility index (Phi) is 5.86. The second kappa shape index (κ2) is 8.50. The average molecular weight is 554 g/mol. The molecule has 12 heteroatoms. The maximum absolute atomic E-state index is 13.9. The topological polar surface area (TPSA) is 202 Å². The molecule has 3 aliphatic rings. The molecule has 0 saturated heterocycles. The van der Waals surface area contributed by atoms with Gasteiger partial charge in [-0.25, -0.2) is 0 Å². The van der Waals surface area contributed by atoms with Crippen molar-refractivity contribution in [1.29, 1.82) is 0 Å². The second-order valence-electron chi connectivity index (χ2n) is 11.5. The molecule has 0 saturated carbocycles. The fourth-order valence-corrected chi connectivity index (χ4v) is 7.12. The predicted octanol–water partition coefficient (Wildman–Crippen LogP) is -0.368. The van der Waals surface area contributed by atoms with Crippen LogP contribution in [0.15, 0.2) is 44.4 Å². The number of amides is 1. The van der Waals surface area contributed by atoms with Crippen LogP contribution < -0.4 is 21.5 Å². The Bertz CT molecular complexity index is 1640. The van der Waals surface area contributed by atoms with E-state index in [9.17, 15) is 44.7 Å². The molecule has 2 aromatic carbocycles. The number of aliphatic hydroxyl groups excluding tert-OH is 2. The van der Waals surface area contributed by atoms with Crippen LogP contribution in [0.5, 0.6) is 5.75 Å². The number of hydrogen-bond donors (Lipinski definition) is 6. The Balaban J connectivity index is 1.77. The zero-order chi connectivity index (χ0) is 29.8. The van der Waals surface area contributed by atoms with Gasteiger partial charge in [0.2, 0.25) is 10.9 Å². The fraction of sp³-hybridized carbons (Fsp3) is 0.429. The zero-order valence-electron chi connectivity index (χ0n) is 22.6. The first-order valence-corrected chi connectivity index (χ1v) is 12.7. The van der Waals surface area contributed by atoms with Crippen molar-refractivity contribution < 1.29 is 35.1 Å². The molecule has 5 atom stereocenters. The standard InChI is InChI=1S/C28H31N3O9/c1-27(39)18(26(29)38)23(35)19(30(2)3)13-9-10-8-12-11(17-20(31(4)5)24(36)22(17)34)6-7-14(32)16(12)21(33)15(10)25(37)28(13,27)40/h6-7,10,13,19,32,35,37,39-40H,8-9H2,1-5H3,(H2,29,38)/t10-,13-,19-,27?,28-/m0/s1.